The lowest BCUT2D eigenvalue weighted by Gasteiger charge is -2.23. The molecule has 0 spiro atoms. The van der Waals surface area contributed by atoms with E-state index in [2.05, 4.69) is 10.6 Å². The third kappa shape index (κ3) is 5.26. The molecule has 3 aromatic rings. The maximum atomic E-state index is 13.0. The number of anilines is 3. The number of rotatable bonds is 8. The van der Waals surface area contributed by atoms with Crippen LogP contribution in [0.4, 0.5) is 22.7 Å². The largest absolute Gasteiger partial charge is 0.354 e. The summed E-state index contributed by atoms with van der Waals surface area (Å²) in [6.07, 6.45) is 0. The third-order valence-corrected chi connectivity index (χ3v) is 5.87. The molecule has 1 heterocycles. The zero-order chi connectivity index (χ0) is 25.8. The van der Waals surface area contributed by atoms with E-state index in [0.717, 1.165) is 17.8 Å². The Labute approximate surface area is 209 Å². The first-order valence-electron chi connectivity index (χ1n) is 11.4. The minimum absolute atomic E-state index is 0.0505. The molecule has 0 aromatic heterocycles. The Morgan fingerprint density at radius 2 is 1.69 bits per heavy atom. The van der Waals surface area contributed by atoms with Crippen molar-refractivity contribution in [3.63, 3.8) is 0 Å². The highest BCUT2D eigenvalue weighted by molar-refractivity contribution is 6.37. The fourth-order valence-corrected chi connectivity index (χ4v) is 4.04. The molecular formula is C27H27N5O4. The number of nitrogens with one attached hydrogen (secondary N) is 2. The average molecular weight is 486 g/mol. The van der Waals surface area contributed by atoms with Crippen LogP contribution >= 0.6 is 0 Å². The summed E-state index contributed by atoms with van der Waals surface area (Å²) in [4.78, 5) is 39.9. The van der Waals surface area contributed by atoms with E-state index < -0.39 is 4.92 Å². The first kappa shape index (κ1) is 24.6. The molecule has 2 N–H and O–H groups in total. The number of nitro benzene ring substituents is 1. The molecule has 1 aliphatic heterocycles. The van der Waals surface area contributed by atoms with Gasteiger partial charge in [0.15, 0.2) is 0 Å². The number of nitrogens with zero attached hydrogens (tertiary/aromatic N) is 3. The predicted octanol–water partition coefficient (Wildman–Crippen LogP) is 4.44. The van der Waals surface area contributed by atoms with Crippen LogP contribution in [0.1, 0.15) is 18.1 Å². The second-order valence-corrected chi connectivity index (χ2v) is 8.70. The van der Waals surface area contributed by atoms with E-state index in [-0.39, 0.29) is 17.5 Å². The molecule has 36 heavy (non-hydrogen) atoms. The highest BCUT2D eigenvalue weighted by Crippen LogP contribution is 2.39. The smallest absolute Gasteiger partial charge is 0.270 e. The van der Waals surface area contributed by atoms with Gasteiger partial charge < -0.3 is 20.4 Å². The van der Waals surface area contributed by atoms with E-state index in [1.54, 1.807) is 11.0 Å². The molecule has 0 fully saturated rings. The molecular weight excluding hydrogens is 458 g/mol. The monoisotopic (exact) mass is 485 g/mol. The van der Waals surface area contributed by atoms with Crippen LogP contribution in [0.25, 0.3) is 11.3 Å². The van der Waals surface area contributed by atoms with Crippen LogP contribution in [0.2, 0.25) is 0 Å². The van der Waals surface area contributed by atoms with E-state index in [1.165, 1.54) is 19.1 Å². The van der Waals surface area contributed by atoms with Crippen LogP contribution in [0.15, 0.2) is 72.8 Å². The number of non-ortho nitro benzene ring substituents is 1. The van der Waals surface area contributed by atoms with Crippen molar-refractivity contribution in [1.29, 1.82) is 0 Å². The van der Waals surface area contributed by atoms with Crippen molar-refractivity contribution in [2.75, 3.05) is 42.7 Å². The van der Waals surface area contributed by atoms with Crippen molar-refractivity contribution in [2.24, 2.45) is 0 Å². The van der Waals surface area contributed by atoms with E-state index in [1.807, 2.05) is 73.6 Å². The minimum Gasteiger partial charge on any atom is -0.354 e. The van der Waals surface area contributed by atoms with Crippen LogP contribution in [-0.2, 0) is 9.59 Å². The van der Waals surface area contributed by atoms with Crippen molar-refractivity contribution in [3.8, 4) is 0 Å². The maximum Gasteiger partial charge on any atom is 0.270 e. The molecule has 9 nitrogen and oxygen atoms in total. The molecule has 0 aliphatic carbocycles. The predicted molar refractivity (Wildman–Crippen MR) is 142 cm³/mol. The van der Waals surface area contributed by atoms with Gasteiger partial charge in [0.1, 0.15) is 0 Å². The summed E-state index contributed by atoms with van der Waals surface area (Å²) < 4.78 is 0. The van der Waals surface area contributed by atoms with Gasteiger partial charge >= 0.3 is 0 Å². The minimum atomic E-state index is -0.480. The Kier molecular flexibility index (Phi) is 7.12. The summed E-state index contributed by atoms with van der Waals surface area (Å²) in [6.45, 7) is 2.82. The maximum absolute atomic E-state index is 13.0. The number of hydrogen-bond donors (Lipinski definition) is 2. The van der Waals surface area contributed by atoms with Gasteiger partial charge in [0, 0.05) is 54.8 Å². The van der Waals surface area contributed by atoms with Crippen molar-refractivity contribution in [3.05, 3.63) is 94.0 Å². The first-order chi connectivity index (χ1) is 17.2. The summed E-state index contributed by atoms with van der Waals surface area (Å²) in [5, 5.41) is 17.5. The molecule has 4 rings (SSSR count). The molecule has 0 radical (unpaired) electrons. The molecule has 184 valence electrons. The van der Waals surface area contributed by atoms with Crippen molar-refractivity contribution in [2.45, 2.75) is 6.92 Å². The van der Waals surface area contributed by atoms with Crippen LogP contribution < -0.4 is 15.5 Å². The second-order valence-electron chi connectivity index (χ2n) is 8.70. The standard InChI is InChI=1S/C27H27N5O4/c1-18(33)31(16-15-30(2)3)21-11-9-20(10-12-21)28-26(19-7-5-4-6-8-19)25-23-17-22(32(35)36)13-14-24(23)29-27(25)34/h4-14,17,28H,15-16H2,1-3H3,(H,29,34)/b26-25-. The number of nitro groups is 1. The molecule has 9 heteroatoms. The van der Waals surface area contributed by atoms with Gasteiger partial charge in [0.25, 0.3) is 11.6 Å². The van der Waals surface area contributed by atoms with Gasteiger partial charge in [-0.1, -0.05) is 30.3 Å². The fraction of sp³-hybridized carbons (Fsp3) is 0.185. The van der Waals surface area contributed by atoms with E-state index in [9.17, 15) is 19.7 Å². The number of fused-ring (bicyclic) bond motifs is 1. The Morgan fingerprint density at radius 1 is 1.00 bits per heavy atom. The number of carbonyl (C=O) groups excluding carboxylic acids is 2. The highest BCUT2D eigenvalue weighted by Gasteiger charge is 2.30. The number of amides is 2. The van der Waals surface area contributed by atoms with Crippen LogP contribution in [-0.4, -0.2) is 48.8 Å². The van der Waals surface area contributed by atoms with Gasteiger partial charge in [-0.3, -0.25) is 19.7 Å². The summed E-state index contributed by atoms with van der Waals surface area (Å²) in [5.74, 6) is -0.398. The number of likely N-dealkylation sites (N-methyl/N-ethyl adjacent to an activating group) is 1. The van der Waals surface area contributed by atoms with Gasteiger partial charge in [-0.05, 0) is 50.0 Å². The summed E-state index contributed by atoms with van der Waals surface area (Å²) in [7, 11) is 3.91. The lowest BCUT2D eigenvalue weighted by molar-refractivity contribution is -0.384. The van der Waals surface area contributed by atoms with Gasteiger partial charge in [-0.15, -0.1) is 0 Å². The second kappa shape index (κ2) is 10.4. The van der Waals surface area contributed by atoms with Crippen LogP contribution in [0, 0.1) is 10.1 Å². The van der Waals surface area contributed by atoms with Crippen molar-refractivity contribution < 1.29 is 14.5 Å². The SMILES string of the molecule is CC(=O)N(CCN(C)C)c1ccc(N/C(=C2\C(=O)Nc3ccc([N+](=O)[O-])cc32)c2ccccc2)cc1. The quantitative estimate of drug-likeness (QED) is 0.277. The molecule has 1 aliphatic rings. The average Bonchev–Trinajstić information content (AvgIpc) is 3.18. The molecule has 0 saturated carbocycles. The molecule has 3 aromatic carbocycles. The number of carbonyl (C=O) groups is 2. The van der Waals surface area contributed by atoms with Gasteiger partial charge in [-0.2, -0.15) is 0 Å². The fourth-order valence-electron chi connectivity index (χ4n) is 4.04. The highest BCUT2D eigenvalue weighted by atomic mass is 16.6. The Hall–Kier alpha value is -4.50. The Bertz CT molecular complexity index is 1330. The Morgan fingerprint density at radius 3 is 2.31 bits per heavy atom. The Balaban J connectivity index is 1.74. The normalized spacial score (nSPS) is 13.7. The van der Waals surface area contributed by atoms with Gasteiger partial charge in [0.2, 0.25) is 5.91 Å². The van der Waals surface area contributed by atoms with Crippen molar-refractivity contribution >= 4 is 45.8 Å². The van der Waals surface area contributed by atoms with Gasteiger partial charge in [0.05, 0.1) is 16.2 Å². The third-order valence-electron chi connectivity index (χ3n) is 5.87. The summed E-state index contributed by atoms with van der Waals surface area (Å²) >= 11 is 0. The molecule has 0 bridgehead atoms. The number of hydrogen-bond acceptors (Lipinski definition) is 6. The number of benzene rings is 3. The summed E-state index contributed by atoms with van der Waals surface area (Å²) in [5.41, 5.74) is 3.95. The summed E-state index contributed by atoms with van der Waals surface area (Å²) in [6, 6.07) is 21.0. The van der Waals surface area contributed by atoms with E-state index >= 15 is 0 Å². The molecule has 0 saturated heterocycles. The molecule has 0 atom stereocenters. The first-order valence-corrected chi connectivity index (χ1v) is 11.4. The molecule has 2 amide bonds. The topological polar surface area (TPSA) is 108 Å². The van der Waals surface area contributed by atoms with Crippen molar-refractivity contribution in [1.82, 2.24) is 4.90 Å². The zero-order valence-corrected chi connectivity index (χ0v) is 20.3. The van der Waals surface area contributed by atoms with E-state index in [4.69, 9.17) is 0 Å². The van der Waals surface area contributed by atoms with Gasteiger partial charge in [-0.25, -0.2) is 0 Å². The lowest BCUT2D eigenvalue weighted by atomic mass is 9.99. The van der Waals surface area contributed by atoms with E-state index in [0.29, 0.717) is 34.8 Å². The molecule has 0 unspecified atom stereocenters. The van der Waals surface area contributed by atoms with Crippen LogP contribution in [0.5, 0.6) is 0 Å². The zero-order valence-electron chi connectivity index (χ0n) is 20.3. The lowest BCUT2D eigenvalue weighted by Crippen LogP contribution is -2.35. The van der Waals surface area contributed by atoms with Crippen LogP contribution in [0.3, 0.4) is 0 Å².